The topological polar surface area (TPSA) is 60.2 Å². The van der Waals surface area contributed by atoms with Gasteiger partial charge in [-0.15, -0.1) is 0 Å². The average Bonchev–Trinajstić information content (AvgIpc) is 3.28. The van der Waals surface area contributed by atoms with E-state index in [2.05, 4.69) is 26.0 Å². The van der Waals surface area contributed by atoms with E-state index in [1.165, 1.54) is 28.9 Å². The number of benzene rings is 1. The van der Waals surface area contributed by atoms with Gasteiger partial charge in [0.2, 0.25) is 5.13 Å². The summed E-state index contributed by atoms with van der Waals surface area (Å²) < 4.78 is 7.15. The Balaban J connectivity index is 1.61. The molecule has 3 aromatic rings. The summed E-state index contributed by atoms with van der Waals surface area (Å²) in [5.74, 6) is 0.958. The number of hydrogen-bond acceptors (Lipinski definition) is 5. The minimum Gasteiger partial charge on any atom is -0.497 e. The van der Waals surface area contributed by atoms with Gasteiger partial charge in [-0.1, -0.05) is 23.5 Å². The van der Waals surface area contributed by atoms with Gasteiger partial charge in [0.05, 0.1) is 18.5 Å². The summed E-state index contributed by atoms with van der Waals surface area (Å²) in [6.07, 6.45) is 4.14. The molecule has 164 valence electrons. The van der Waals surface area contributed by atoms with Gasteiger partial charge in [-0.05, 0) is 64.7 Å². The number of ether oxygens (including phenoxy) is 1. The van der Waals surface area contributed by atoms with Gasteiger partial charge in [0.15, 0.2) is 0 Å². The summed E-state index contributed by atoms with van der Waals surface area (Å²) in [6, 6.07) is 8.41. The van der Waals surface area contributed by atoms with Gasteiger partial charge in [0, 0.05) is 30.3 Å². The first kappa shape index (κ1) is 21.6. The van der Waals surface area contributed by atoms with Crippen molar-refractivity contribution in [1.29, 1.82) is 0 Å². The number of aryl methyl sites for hydroxylation is 2. The molecule has 6 nitrogen and oxygen atoms in total. The summed E-state index contributed by atoms with van der Waals surface area (Å²) in [5, 5.41) is 5.52. The molecule has 1 aliphatic rings. The van der Waals surface area contributed by atoms with Crippen molar-refractivity contribution in [2.75, 3.05) is 13.7 Å². The molecule has 0 spiro atoms. The summed E-state index contributed by atoms with van der Waals surface area (Å²) in [7, 11) is 1.67. The molecule has 0 aliphatic carbocycles. The van der Waals surface area contributed by atoms with E-state index in [0.29, 0.717) is 0 Å². The number of hydrogen-bond donors (Lipinski definition) is 0. The molecule has 0 N–H and O–H groups in total. The smallest absolute Gasteiger partial charge is 0.266 e. The first-order valence-corrected chi connectivity index (χ1v) is 11.7. The number of carbonyl (C=O) groups is 1. The van der Waals surface area contributed by atoms with E-state index in [-0.39, 0.29) is 11.9 Å². The molecule has 1 atom stereocenters. The largest absolute Gasteiger partial charge is 0.497 e. The number of carbonyl (C=O) groups excluding carboxylic acids is 1. The molecule has 1 aliphatic heterocycles. The fourth-order valence-corrected chi connectivity index (χ4v) is 5.29. The quantitative estimate of drug-likeness (QED) is 0.570. The van der Waals surface area contributed by atoms with Crippen molar-refractivity contribution in [3.63, 3.8) is 0 Å². The maximum Gasteiger partial charge on any atom is 0.266 e. The zero-order valence-corrected chi connectivity index (χ0v) is 19.8. The van der Waals surface area contributed by atoms with Crippen LogP contribution in [0.5, 0.6) is 5.75 Å². The molecule has 1 aromatic carbocycles. The summed E-state index contributed by atoms with van der Waals surface area (Å²) in [5.41, 5.74) is 5.23. The van der Waals surface area contributed by atoms with Crippen LogP contribution in [0.15, 0.2) is 24.3 Å². The highest BCUT2D eigenvalue weighted by molar-refractivity contribution is 7.16. The predicted molar refractivity (Wildman–Crippen MR) is 124 cm³/mol. The van der Waals surface area contributed by atoms with Gasteiger partial charge < -0.3 is 9.64 Å². The lowest BCUT2D eigenvalue weighted by Gasteiger charge is -2.33. The minimum atomic E-state index is 0.105. The molecule has 1 amide bonds. The second-order valence-corrected chi connectivity index (χ2v) is 9.32. The average molecular weight is 439 g/mol. The maximum absolute atomic E-state index is 13.2. The number of aromatic nitrogens is 3. The van der Waals surface area contributed by atoms with Gasteiger partial charge in [-0.2, -0.15) is 5.10 Å². The SMILES string of the molecule is COc1ccc(Cc2c(C)nn(-c3nc(C)c(C(=O)N4CCCCC4C)s3)c2C)cc1. The number of thiazole rings is 1. The third kappa shape index (κ3) is 4.24. The highest BCUT2D eigenvalue weighted by Gasteiger charge is 2.28. The summed E-state index contributed by atoms with van der Waals surface area (Å²) in [4.78, 5) is 20.6. The molecule has 4 rings (SSSR count). The Kier molecular flexibility index (Phi) is 6.14. The van der Waals surface area contributed by atoms with Crippen molar-refractivity contribution in [2.24, 2.45) is 0 Å². The Bertz CT molecular complexity index is 1080. The van der Waals surface area contributed by atoms with E-state index in [9.17, 15) is 4.79 Å². The van der Waals surface area contributed by atoms with Crippen LogP contribution in [0, 0.1) is 20.8 Å². The molecule has 31 heavy (non-hydrogen) atoms. The molecule has 1 fully saturated rings. The number of likely N-dealkylation sites (tertiary alicyclic amines) is 1. The molecule has 0 radical (unpaired) electrons. The summed E-state index contributed by atoms with van der Waals surface area (Å²) >= 11 is 1.45. The van der Waals surface area contributed by atoms with Crippen LogP contribution >= 0.6 is 11.3 Å². The van der Waals surface area contributed by atoms with E-state index in [1.807, 2.05) is 35.6 Å². The highest BCUT2D eigenvalue weighted by atomic mass is 32.1. The Morgan fingerprint density at radius 3 is 2.58 bits per heavy atom. The second kappa shape index (κ2) is 8.83. The van der Waals surface area contributed by atoms with Crippen LogP contribution < -0.4 is 4.74 Å². The Hall–Kier alpha value is -2.67. The van der Waals surface area contributed by atoms with Crippen molar-refractivity contribution < 1.29 is 9.53 Å². The van der Waals surface area contributed by atoms with Crippen LogP contribution in [0.3, 0.4) is 0 Å². The lowest BCUT2D eigenvalue weighted by atomic mass is 10.0. The molecule has 2 aromatic heterocycles. The molecule has 1 unspecified atom stereocenters. The molecule has 1 saturated heterocycles. The fourth-order valence-electron chi connectivity index (χ4n) is 4.27. The standard InChI is InChI=1S/C24H30N4O2S/c1-15-8-6-7-13-27(15)23(29)22-17(3)25-24(31-22)28-18(4)21(16(2)26-28)14-19-9-11-20(30-5)12-10-19/h9-12,15H,6-8,13-14H2,1-5H3. The fraction of sp³-hybridized carbons (Fsp3) is 0.458. The number of rotatable bonds is 5. The molecule has 0 bridgehead atoms. The van der Waals surface area contributed by atoms with Crippen molar-refractivity contribution in [1.82, 2.24) is 19.7 Å². The van der Waals surface area contributed by atoms with Gasteiger partial charge in [-0.25, -0.2) is 9.67 Å². The van der Waals surface area contributed by atoms with Crippen molar-refractivity contribution in [2.45, 2.75) is 59.4 Å². The van der Waals surface area contributed by atoms with Crippen LogP contribution in [0.2, 0.25) is 0 Å². The Morgan fingerprint density at radius 2 is 1.90 bits per heavy atom. The van der Waals surface area contributed by atoms with Crippen molar-refractivity contribution in [3.8, 4) is 10.9 Å². The van der Waals surface area contributed by atoms with E-state index in [0.717, 1.165) is 58.6 Å². The number of methoxy groups -OCH3 is 1. The maximum atomic E-state index is 13.2. The van der Waals surface area contributed by atoms with Crippen molar-refractivity contribution >= 4 is 17.2 Å². The van der Waals surface area contributed by atoms with Crippen molar-refractivity contribution in [3.05, 3.63) is 57.4 Å². The molecular weight excluding hydrogens is 408 g/mol. The lowest BCUT2D eigenvalue weighted by molar-refractivity contribution is 0.0639. The van der Waals surface area contributed by atoms with Crippen LogP contribution in [0.1, 0.15) is 64.1 Å². The van der Waals surface area contributed by atoms with Gasteiger partial charge in [-0.3, -0.25) is 4.79 Å². The zero-order chi connectivity index (χ0) is 22.1. The lowest BCUT2D eigenvalue weighted by Crippen LogP contribution is -2.41. The second-order valence-electron chi connectivity index (χ2n) is 8.34. The molecule has 0 saturated carbocycles. The third-order valence-corrected chi connectivity index (χ3v) is 7.33. The highest BCUT2D eigenvalue weighted by Crippen LogP contribution is 2.29. The van der Waals surface area contributed by atoms with E-state index in [1.54, 1.807) is 7.11 Å². The predicted octanol–water partition coefficient (Wildman–Crippen LogP) is 4.87. The van der Waals surface area contributed by atoms with E-state index < -0.39 is 0 Å². The van der Waals surface area contributed by atoms with Gasteiger partial charge in [0.1, 0.15) is 10.6 Å². The first-order valence-electron chi connectivity index (χ1n) is 10.9. The normalized spacial score (nSPS) is 16.5. The molecule has 7 heteroatoms. The van der Waals surface area contributed by atoms with Crippen LogP contribution in [0.4, 0.5) is 0 Å². The van der Waals surface area contributed by atoms with Gasteiger partial charge in [0.25, 0.3) is 5.91 Å². The Labute approximate surface area is 187 Å². The first-order chi connectivity index (χ1) is 14.9. The third-order valence-electron chi connectivity index (χ3n) is 6.21. The summed E-state index contributed by atoms with van der Waals surface area (Å²) in [6.45, 7) is 9.00. The zero-order valence-electron chi connectivity index (χ0n) is 18.9. The van der Waals surface area contributed by atoms with Crippen LogP contribution in [-0.2, 0) is 6.42 Å². The number of piperidine rings is 1. The molecular formula is C24H30N4O2S. The number of nitrogens with zero attached hydrogens (tertiary/aromatic N) is 4. The molecule has 3 heterocycles. The van der Waals surface area contributed by atoms with Gasteiger partial charge >= 0.3 is 0 Å². The number of amides is 1. The van der Waals surface area contributed by atoms with E-state index in [4.69, 9.17) is 14.8 Å². The minimum absolute atomic E-state index is 0.105. The van der Waals surface area contributed by atoms with Crippen LogP contribution in [-0.4, -0.2) is 45.3 Å². The Morgan fingerprint density at radius 1 is 1.16 bits per heavy atom. The van der Waals surface area contributed by atoms with E-state index >= 15 is 0 Å². The van der Waals surface area contributed by atoms with Crippen LogP contribution in [0.25, 0.3) is 5.13 Å². The monoisotopic (exact) mass is 438 g/mol.